The van der Waals surface area contributed by atoms with Crippen LogP contribution in [0.5, 0.6) is 0 Å². The molecule has 1 aromatic carbocycles. The third-order valence-corrected chi connectivity index (χ3v) is 5.72. The summed E-state index contributed by atoms with van der Waals surface area (Å²) >= 11 is 0. The fourth-order valence-corrected chi connectivity index (χ4v) is 3.94. The maximum atomic E-state index is 14.2. The van der Waals surface area contributed by atoms with Gasteiger partial charge >= 0.3 is 0 Å². The van der Waals surface area contributed by atoms with Crippen molar-refractivity contribution in [3.05, 3.63) is 60.7 Å². The maximum Gasteiger partial charge on any atom is 0.180 e. The van der Waals surface area contributed by atoms with Gasteiger partial charge < -0.3 is 5.73 Å². The second-order valence-electron chi connectivity index (χ2n) is 7.73. The Morgan fingerprint density at radius 2 is 1.91 bits per heavy atom. The molecule has 0 saturated carbocycles. The molecule has 13 heteroatoms. The molecule has 6 rings (SSSR count). The fourth-order valence-electron chi connectivity index (χ4n) is 3.94. The Labute approximate surface area is 190 Å². The monoisotopic (exact) mass is 456 g/mol. The van der Waals surface area contributed by atoms with Crippen LogP contribution in [0.25, 0.3) is 39.0 Å². The topological polar surface area (TPSA) is 144 Å². The highest BCUT2D eigenvalue weighted by atomic mass is 19.1. The number of hydrogen-bond acceptors (Lipinski definition) is 9. The number of aromatic nitrogens is 11. The first kappa shape index (κ1) is 19.8. The molecule has 0 bridgehead atoms. The van der Waals surface area contributed by atoms with Gasteiger partial charge in [-0.05, 0) is 19.1 Å². The van der Waals surface area contributed by atoms with Gasteiger partial charge in [0.25, 0.3) is 0 Å². The van der Waals surface area contributed by atoms with Crippen molar-refractivity contribution in [2.24, 2.45) is 7.05 Å². The summed E-state index contributed by atoms with van der Waals surface area (Å²) in [4.78, 5) is 8.60. The summed E-state index contributed by atoms with van der Waals surface area (Å²) in [6, 6.07) is 5.95. The minimum Gasteiger partial charge on any atom is -0.383 e. The van der Waals surface area contributed by atoms with Crippen molar-refractivity contribution in [2.45, 2.75) is 13.0 Å². The second-order valence-corrected chi connectivity index (χ2v) is 7.73. The van der Waals surface area contributed by atoms with Crippen molar-refractivity contribution < 1.29 is 4.39 Å². The first-order chi connectivity index (χ1) is 16.5. The van der Waals surface area contributed by atoms with Gasteiger partial charge in [0.15, 0.2) is 11.3 Å². The van der Waals surface area contributed by atoms with E-state index in [1.54, 1.807) is 53.2 Å². The van der Waals surface area contributed by atoms with Gasteiger partial charge in [0.1, 0.15) is 35.0 Å². The van der Waals surface area contributed by atoms with Crippen LogP contribution in [-0.2, 0) is 7.05 Å². The lowest BCUT2D eigenvalue weighted by atomic mass is 10.1. The minimum atomic E-state index is -0.399. The highest BCUT2D eigenvalue weighted by Gasteiger charge is 2.24. The predicted molar refractivity (Wildman–Crippen MR) is 120 cm³/mol. The van der Waals surface area contributed by atoms with Gasteiger partial charge in [0.05, 0.1) is 35.4 Å². The lowest BCUT2D eigenvalue weighted by Crippen LogP contribution is -2.10. The number of nitrogens with zero attached hydrogens (tertiary/aromatic N) is 11. The Balaban J connectivity index is 1.52. The smallest absolute Gasteiger partial charge is 0.180 e. The molecule has 5 aromatic heterocycles. The van der Waals surface area contributed by atoms with Crippen molar-refractivity contribution in [3.8, 4) is 16.9 Å². The first-order valence-electron chi connectivity index (χ1n) is 10.3. The molecule has 0 spiro atoms. The highest BCUT2D eigenvalue weighted by molar-refractivity contribution is 6.04. The Morgan fingerprint density at radius 3 is 2.76 bits per heavy atom. The van der Waals surface area contributed by atoms with Crippen LogP contribution in [0.2, 0.25) is 0 Å². The number of rotatable bonds is 4. The molecule has 12 nitrogen and oxygen atoms in total. The van der Waals surface area contributed by atoms with E-state index in [4.69, 9.17) is 10.8 Å². The van der Waals surface area contributed by atoms with E-state index >= 15 is 0 Å². The Bertz CT molecular complexity index is 1680. The van der Waals surface area contributed by atoms with Crippen LogP contribution in [0.4, 0.5) is 10.2 Å². The average molecular weight is 456 g/mol. The molecule has 0 amide bonds. The Morgan fingerprint density at radius 1 is 1.06 bits per heavy atom. The zero-order valence-electron chi connectivity index (χ0n) is 18.1. The summed E-state index contributed by atoms with van der Waals surface area (Å²) in [5.74, 6) is -0.119. The largest absolute Gasteiger partial charge is 0.383 e. The Hall–Kier alpha value is -4.81. The van der Waals surface area contributed by atoms with Crippen LogP contribution in [0, 0.1) is 5.82 Å². The number of benzene rings is 1. The number of hydrogen-bond donors (Lipinski definition) is 1. The van der Waals surface area contributed by atoms with E-state index < -0.39 is 11.9 Å². The third kappa shape index (κ3) is 2.90. The molecule has 0 radical (unpaired) electrons. The molecule has 0 fully saturated rings. The fraction of sp³-hybridized carbons (Fsp3) is 0.143. The van der Waals surface area contributed by atoms with E-state index in [0.29, 0.717) is 39.3 Å². The van der Waals surface area contributed by atoms with Crippen LogP contribution in [-0.4, -0.2) is 54.7 Å². The van der Waals surface area contributed by atoms with E-state index in [1.807, 2.05) is 6.92 Å². The number of para-hydroxylation sites is 1. The van der Waals surface area contributed by atoms with Gasteiger partial charge in [0, 0.05) is 12.6 Å². The lowest BCUT2D eigenvalue weighted by molar-refractivity contribution is 0.565. The van der Waals surface area contributed by atoms with Gasteiger partial charge in [0.2, 0.25) is 0 Å². The molecule has 34 heavy (non-hydrogen) atoms. The zero-order chi connectivity index (χ0) is 23.4. The van der Waals surface area contributed by atoms with Gasteiger partial charge in [-0.15, -0.1) is 10.2 Å². The standard InChI is InChI=1S/C21H17FN12/c1-11(15-9-33(31-28-15)16-6-4-3-5-14(16)22)34-21-17(19(23)24-10-25-21)18(30-34)12-7-26-29-20-13(12)8-27-32(20)2/h3-11H,1-2H3,(H2,23,24,25). The molecule has 168 valence electrons. The van der Waals surface area contributed by atoms with Crippen LogP contribution >= 0.6 is 0 Å². The van der Waals surface area contributed by atoms with Crippen LogP contribution < -0.4 is 5.73 Å². The van der Waals surface area contributed by atoms with E-state index in [9.17, 15) is 4.39 Å². The molecule has 1 unspecified atom stereocenters. The quantitative estimate of drug-likeness (QED) is 0.421. The molecule has 0 aliphatic carbocycles. The SMILES string of the molecule is CC(c1cn(-c2ccccc2F)nn1)n1nc(-c2cnnc3c2cnn3C)c2c(N)ncnc21. The van der Waals surface area contributed by atoms with Gasteiger partial charge in [-0.2, -0.15) is 15.3 Å². The van der Waals surface area contributed by atoms with E-state index in [0.717, 1.165) is 5.39 Å². The number of halogens is 1. The number of nitrogens with two attached hydrogens (primary N) is 1. The summed E-state index contributed by atoms with van der Waals surface area (Å²) in [5, 5.41) is 27.1. The normalized spacial score (nSPS) is 12.6. The van der Waals surface area contributed by atoms with Gasteiger partial charge in [-0.1, -0.05) is 17.3 Å². The van der Waals surface area contributed by atoms with Crippen LogP contribution in [0.3, 0.4) is 0 Å². The molecule has 6 aromatic rings. The lowest BCUT2D eigenvalue weighted by Gasteiger charge is -2.09. The van der Waals surface area contributed by atoms with E-state index in [-0.39, 0.29) is 5.82 Å². The molecule has 0 aliphatic heterocycles. The summed E-state index contributed by atoms with van der Waals surface area (Å²) in [6.45, 7) is 1.90. The molecule has 2 N–H and O–H groups in total. The van der Waals surface area contributed by atoms with Crippen LogP contribution in [0.1, 0.15) is 18.7 Å². The molecule has 5 heterocycles. The maximum absolute atomic E-state index is 14.2. The van der Waals surface area contributed by atoms with Crippen molar-refractivity contribution >= 4 is 27.9 Å². The van der Waals surface area contributed by atoms with Crippen LogP contribution in [0.15, 0.2) is 49.2 Å². The number of fused-ring (bicyclic) bond motifs is 2. The summed E-state index contributed by atoms with van der Waals surface area (Å²) < 4.78 is 18.9. The van der Waals surface area contributed by atoms with Crippen molar-refractivity contribution in [1.82, 2.24) is 54.7 Å². The summed E-state index contributed by atoms with van der Waals surface area (Å²) in [6.07, 6.45) is 6.36. The molecular weight excluding hydrogens is 439 g/mol. The van der Waals surface area contributed by atoms with Crippen molar-refractivity contribution in [3.63, 3.8) is 0 Å². The number of nitrogen functional groups attached to an aromatic ring is 1. The number of aryl methyl sites for hydroxylation is 1. The van der Waals surface area contributed by atoms with Gasteiger partial charge in [-0.3, -0.25) is 0 Å². The molecule has 0 aliphatic rings. The Kier molecular flexibility index (Phi) is 4.30. The van der Waals surface area contributed by atoms with E-state index in [2.05, 4.69) is 35.6 Å². The zero-order valence-corrected chi connectivity index (χ0v) is 18.1. The predicted octanol–water partition coefficient (Wildman–Crippen LogP) is 2.08. The third-order valence-electron chi connectivity index (χ3n) is 5.72. The summed E-state index contributed by atoms with van der Waals surface area (Å²) in [5.41, 5.74) is 9.50. The summed E-state index contributed by atoms with van der Waals surface area (Å²) in [7, 11) is 1.79. The molecule has 1 atom stereocenters. The minimum absolute atomic E-state index is 0.280. The molecule has 0 saturated heterocycles. The first-order valence-corrected chi connectivity index (χ1v) is 10.3. The average Bonchev–Trinajstić information content (AvgIpc) is 3.57. The molecular formula is C21H17FN12. The number of anilines is 1. The van der Waals surface area contributed by atoms with Crippen molar-refractivity contribution in [2.75, 3.05) is 5.73 Å². The van der Waals surface area contributed by atoms with E-state index in [1.165, 1.54) is 17.1 Å². The van der Waals surface area contributed by atoms with Gasteiger partial charge in [-0.25, -0.2) is 28.4 Å². The second kappa shape index (κ2) is 7.37. The highest BCUT2D eigenvalue weighted by Crippen LogP contribution is 2.35. The van der Waals surface area contributed by atoms with Crippen molar-refractivity contribution in [1.29, 1.82) is 0 Å².